The van der Waals surface area contributed by atoms with Gasteiger partial charge in [-0.3, -0.25) is 0 Å². The summed E-state index contributed by atoms with van der Waals surface area (Å²) in [7, 11) is -3.57. The van der Waals surface area contributed by atoms with Gasteiger partial charge in [0, 0.05) is 19.1 Å². The lowest BCUT2D eigenvalue weighted by atomic mass is 9.93. The Balaban J connectivity index is 0.00000264. The molecule has 0 aliphatic carbocycles. The molecule has 23 heavy (non-hydrogen) atoms. The second kappa shape index (κ2) is 8.17. The number of piperidine rings is 1. The van der Waals surface area contributed by atoms with Gasteiger partial charge in [0.25, 0.3) is 0 Å². The lowest BCUT2D eigenvalue weighted by Crippen LogP contribution is -2.45. The number of hydrogen-bond acceptors (Lipinski definition) is 3. The van der Waals surface area contributed by atoms with Crippen molar-refractivity contribution in [3.05, 3.63) is 28.8 Å². The molecule has 1 aliphatic rings. The number of hydrogen-bond donors (Lipinski definition) is 1. The van der Waals surface area contributed by atoms with E-state index in [9.17, 15) is 8.42 Å². The Hall–Kier alpha value is -0.330. The molecule has 0 aromatic heterocycles. The minimum absolute atomic E-state index is 0. The molecule has 132 valence electrons. The van der Waals surface area contributed by atoms with Crippen LogP contribution in [0.1, 0.15) is 45.1 Å². The van der Waals surface area contributed by atoms with E-state index in [4.69, 9.17) is 17.3 Å². The minimum Gasteiger partial charge on any atom is -0.328 e. The molecular formula is C16H26Cl2N2O2S. The van der Waals surface area contributed by atoms with Crippen LogP contribution in [0.5, 0.6) is 0 Å². The van der Waals surface area contributed by atoms with Crippen LogP contribution in [-0.4, -0.2) is 31.9 Å². The fourth-order valence-corrected chi connectivity index (χ4v) is 4.88. The summed E-state index contributed by atoms with van der Waals surface area (Å²) in [5.74, 6) is 0.458. The van der Waals surface area contributed by atoms with Crippen LogP contribution in [-0.2, 0) is 10.0 Å². The van der Waals surface area contributed by atoms with Crippen LogP contribution in [0.25, 0.3) is 0 Å². The summed E-state index contributed by atoms with van der Waals surface area (Å²) in [5, 5.41) is 0.285. The summed E-state index contributed by atoms with van der Waals surface area (Å²) in [6.07, 6.45) is 1.82. The van der Waals surface area contributed by atoms with Crippen molar-refractivity contribution < 1.29 is 8.42 Å². The van der Waals surface area contributed by atoms with E-state index in [1.165, 1.54) is 4.31 Å². The van der Waals surface area contributed by atoms with Crippen molar-refractivity contribution in [3.63, 3.8) is 0 Å². The van der Waals surface area contributed by atoms with Gasteiger partial charge >= 0.3 is 0 Å². The van der Waals surface area contributed by atoms with E-state index in [2.05, 4.69) is 0 Å². The molecular weight excluding hydrogens is 355 g/mol. The molecule has 2 rings (SSSR count). The molecule has 0 bridgehead atoms. The van der Waals surface area contributed by atoms with Crippen LogP contribution in [0, 0.1) is 5.92 Å². The predicted molar refractivity (Wildman–Crippen MR) is 97.9 cm³/mol. The molecule has 1 aliphatic heterocycles. The van der Waals surface area contributed by atoms with Gasteiger partial charge in [-0.1, -0.05) is 31.5 Å². The van der Waals surface area contributed by atoms with E-state index < -0.39 is 10.0 Å². The van der Waals surface area contributed by atoms with E-state index in [1.54, 1.807) is 12.1 Å². The molecule has 0 spiro atoms. The van der Waals surface area contributed by atoms with Gasteiger partial charge in [-0.2, -0.15) is 4.31 Å². The van der Waals surface area contributed by atoms with Crippen LogP contribution in [0.15, 0.2) is 23.1 Å². The first-order chi connectivity index (χ1) is 10.2. The normalized spacial score (nSPS) is 21.0. The topological polar surface area (TPSA) is 63.4 Å². The van der Waals surface area contributed by atoms with Gasteiger partial charge in [0.2, 0.25) is 10.0 Å². The number of nitrogens with two attached hydrogens (primary N) is 1. The van der Waals surface area contributed by atoms with Crippen molar-refractivity contribution in [2.45, 2.75) is 50.5 Å². The molecule has 2 atom stereocenters. The summed E-state index contributed by atoms with van der Waals surface area (Å²) < 4.78 is 27.4. The van der Waals surface area contributed by atoms with Crippen molar-refractivity contribution in [1.29, 1.82) is 0 Å². The highest BCUT2D eigenvalue weighted by Crippen LogP contribution is 2.31. The second-order valence-corrected chi connectivity index (χ2v) is 8.78. The molecule has 1 aromatic rings. The van der Waals surface area contributed by atoms with Crippen molar-refractivity contribution >= 4 is 34.0 Å². The van der Waals surface area contributed by atoms with Crippen molar-refractivity contribution in [1.82, 2.24) is 4.31 Å². The molecule has 2 N–H and O–H groups in total. The highest BCUT2D eigenvalue weighted by molar-refractivity contribution is 7.89. The van der Waals surface area contributed by atoms with Gasteiger partial charge in [0.1, 0.15) is 4.90 Å². The summed E-state index contributed by atoms with van der Waals surface area (Å²) >= 11 is 6.17. The molecule has 0 saturated carbocycles. The first-order valence-electron chi connectivity index (χ1n) is 7.78. The quantitative estimate of drug-likeness (QED) is 0.866. The first-order valence-corrected chi connectivity index (χ1v) is 9.60. The minimum atomic E-state index is -3.57. The fraction of sp³-hybridized carbons (Fsp3) is 0.625. The highest BCUT2D eigenvalue weighted by Gasteiger charge is 2.33. The Morgan fingerprint density at radius 2 is 1.96 bits per heavy atom. The van der Waals surface area contributed by atoms with E-state index in [0.717, 1.165) is 18.4 Å². The third-order valence-electron chi connectivity index (χ3n) is 4.40. The number of benzene rings is 1. The van der Waals surface area contributed by atoms with Gasteiger partial charge in [0.15, 0.2) is 0 Å². The molecule has 1 aromatic carbocycles. The van der Waals surface area contributed by atoms with Crippen molar-refractivity contribution in [3.8, 4) is 0 Å². The SMILES string of the molecule is CC(C)c1ccc(Cl)c(S(=O)(=O)N2CCCC(C(C)N)C2)c1.Cl. The predicted octanol–water partition coefficient (Wildman–Crippen LogP) is 3.63. The maximum absolute atomic E-state index is 13.0. The second-order valence-electron chi connectivity index (χ2n) is 6.47. The molecule has 0 radical (unpaired) electrons. The average molecular weight is 381 g/mol. The van der Waals surface area contributed by atoms with E-state index >= 15 is 0 Å². The molecule has 1 saturated heterocycles. The maximum atomic E-state index is 13.0. The Morgan fingerprint density at radius 1 is 1.30 bits per heavy atom. The number of sulfonamides is 1. The van der Waals surface area contributed by atoms with Crippen molar-refractivity contribution in [2.75, 3.05) is 13.1 Å². The lowest BCUT2D eigenvalue weighted by Gasteiger charge is -2.34. The Bertz CT molecular complexity index is 633. The van der Waals surface area contributed by atoms with Gasteiger partial charge < -0.3 is 5.73 Å². The van der Waals surface area contributed by atoms with Crippen LogP contribution < -0.4 is 5.73 Å². The van der Waals surface area contributed by atoms with Gasteiger partial charge in [-0.05, 0) is 49.3 Å². The summed E-state index contributed by atoms with van der Waals surface area (Å²) in [5.41, 5.74) is 6.93. The highest BCUT2D eigenvalue weighted by atomic mass is 35.5. The molecule has 1 fully saturated rings. The third-order valence-corrected chi connectivity index (χ3v) is 6.75. The van der Waals surface area contributed by atoms with E-state index in [0.29, 0.717) is 13.1 Å². The van der Waals surface area contributed by atoms with Crippen LogP contribution in [0.4, 0.5) is 0 Å². The summed E-state index contributed by atoms with van der Waals surface area (Å²) in [6, 6.07) is 5.26. The molecule has 0 amide bonds. The van der Waals surface area contributed by atoms with E-state index in [-0.39, 0.29) is 40.2 Å². The summed E-state index contributed by atoms with van der Waals surface area (Å²) in [4.78, 5) is 0.214. The molecule has 2 unspecified atom stereocenters. The number of nitrogens with zero attached hydrogens (tertiary/aromatic N) is 1. The number of rotatable bonds is 4. The average Bonchev–Trinajstić information content (AvgIpc) is 2.47. The molecule has 1 heterocycles. The van der Waals surface area contributed by atoms with Crippen LogP contribution >= 0.6 is 24.0 Å². The van der Waals surface area contributed by atoms with Crippen LogP contribution in [0.2, 0.25) is 5.02 Å². The summed E-state index contributed by atoms with van der Waals surface area (Å²) in [6.45, 7) is 7.02. The van der Waals surface area contributed by atoms with Gasteiger partial charge in [-0.15, -0.1) is 12.4 Å². The molecule has 4 nitrogen and oxygen atoms in total. The smallest absolute Gasteiger partial charge is 0.244 e. The third kappa shape index (κ3) is 4.60. The lowest BCUT2D eigenvalue weighted by molar-refractivity contribution is 0.243. The molecule has 7 heteroatoms. The largest absolute Gasteiger partial charge is 0.328 e. The van der Waals surface area contributed by atoms with E-state index in [1.807, 2.05) is 26.8 Å². The number of halogens is 2. The maximum Gasteiger partial charge on any atom is 0.244 e. The van der Waals surface area contributed by atoms with Crippen LogP contribution in [0.3, 0.4) is 0 Å². The Labute approximate surface area is 150 Å². The van der Waals surface area contributed by atoms with Gasteiger partial charge in [0.05, 0.1) is 5.02 Å². The zero-order valence-electron chi connectivity index (χ0n) is 13.8. The first kappa shape index (κ1) is 20.7. The Kier molecular flexibility index (Phi) is 7.36. The zero-order valence-corrected chi connectivity index (χ0v) is 16.2. The fourth-order valence-electron chi connectivity index (χ4n) is 2.84. The standard InChI is InChI=1S/C16H25ClN2O2S.ClH/c1-11(2)13-6-7-15(17)16(9-13)22(20,21)19-8-4-5-14(10-19)12(3)18;/h6-7,9,11-12,14H,4-5,8,10,18H2,1-3H3;1H. The Morgan fingerprint density at radius 3 is 2.52 bits per heavy atom. The monoisotopic (exact) mass is 380 g/mol. The van der Waals surface area contributed by atoms with Crippen molar-refractivity contribution in [2.24, 2.45) is 11.7 Å². The van der Waals surface area contributed by atoms with Gasteiger partial charge in [-0.25, -0.2) is 8.42 Å². The zero-order chi connectivity index (χ0) is 16.5.